The molecule has 0 amide bonds. The van der Waals surface area contributed by atoms with Gasteiger partial charge in [-0.3, -0.25) is 4.98 Å². The molecule has 0 N–H and O–H groups in total. The minimum absolute atomic E-state index is 0.0789. The average Bonchev–Trinajstić information content (AvgIpc) is 2.59. The van der Waals surface area contributed by atoms with Crippen LogP contribution in [0.1, 0.15) is 13.8 Å². The number of hydrogen-bond donors (Lipinski definition) is 0. The molecular formula is C13H18F2N2O4S. The SMILES string of the molecule is CC(C)Oc1cncc(S(=O)(=O)N2CCOCC(F)(F)C2)c1. The van der Waals surface area contributed by atoms with Crippen molar-refractivity contribution in [3.63, 3.8) is 0 Å². The van der Waals surface area contributed by atoms with Gasteiger partial charge in [-0.2, -0.15) is 4.31 Å². The van der Waals surface area contributed by atoms with Crippen LogP contribution in [0, 0.1) is 0 Å². The van der Waals surface area contributed by atoms with Gasteiger partial charge >= 0.3 is 0 Å². The van der Waals surface area contributed by atoms with E-state index in [9.17, 15) is 17.2 Å². The average molecular weight is 336 g/mol. The summed E-state index contributed by atoms with van der Waals surface area (Å²) in [4.78, 5) is 3.63. The highest BCUT2D eigenvalue weighted by atomic mass is 32.2. The van der Waals surface area contributed by atoms with Gasteiger partial charge in [0.1, 0.15) is 17.3 Å². The molecule has 0 aliphatic carbocycles. The summed E-state index contributed by atoms with van der Waals surface area (Å²) in [6, 6.07) is 1.28. The monoisotopic (exact) mass is 336 g/mol. The molecule has 6 nitrogen and oxygen atoms in total. The number of rotatable bonds is 4. The smallest absolute Gasteiger partial charge is 0.284 e. The van der Waals surface area contributed by atoms with E-state index in [4.69, 9.17) is 9.47 Å². The minimum atomic E-state index is -4.08. The van der Waals surface area contributed by atoms with E-state index in [1.165, 1.54) is 12.3 Å². The Morgan fingerprint density at radius 1 is 1.41 bits per heavy atom. The quantitative estimate of drug-likeness (QED) is 0.834. The summed E-state index contributed by atoms with van der Waals surface area (Å²) in [5, 5.41) is 0. The van der Waals surface area contributed by atoms with Gasteiger partial charge in [-0.25, -0.2) is 17.2 Å². The molecule has 0 saturated carbocycles. The highest BCUT2D eigenvalue weighted by Crippen LogP contribution is 2.25. The van der Waals surface area contributed by atoms with Crippen LogP contribution < -0.4 is 4.74 Å². The zero-order valence-corrected chi connectivity index (χ0v) is 13.1. The van der Waals surface area contributed by atoms with Crippen LogP contribution in [0.3, 0.4) is 0 Å². The Bertz CT molecular complexity index is 622. The van der Waals surface area contributed by atoms with Crippen molar-refractivity contribution in [2.75, 3.05) is 26.3 Å². The van der Waals surface area contributed by atoms with Gasteiger partial charge in [-0.1, -0.05) is 0 Å². The Morgan fingerprint density at radius 2 is 2.14 bits per heavy atom. The number of hydrogen-bond acceptors (Lipinski definition) is 5. The number of aromatic nitrogens is 1. The molecule has 0 spiro atoms. The molecule has 2 heterocycles. The minimum Gasteiger partial charge on any atom is -0.489 e. The fraction of sp³-hybridized carbons (Fsp3) is 0.615. The first-order valence-electron chi connectivity index (χ1n) is 6.78. The number of sulfonamides is 1. The first kappa shape index (κ1) is 17.0. The Balaban J connectivity index is 2.29. The molecule has 0 bridgehead atoms. The predicted molar refractivity (Wildman–Crippen MR) is 74.5 cm³/mol. The van der Waals surface area contributed by atoms with Gasteiger partial charge in [0.05, 0.1) is 25.5 Å². The predicted octanol–water partition coefficient (Wildman–Crippen LogP) is 1.52. The van der Waals surface area contributed by atoms with Crippen molar-refractivity contribution >= 4 is 10.0 Å². The lowest BCUT2D eigenvalue weighted by Gasteiger charge is -2.22. The maximum atomic E-state index is 13.5. The molecule has 1 saturated heterocycles. The summed E-state index contributed by atoms with van der Waals surface area (Å²) >= 11 is 0. The number of ether oxygens (including phenoxy) is 2. The second kappa shape index (κ2) is 6.43. The van der Waals surface area contributed by atoms with Crippen molar-refractivity contribution in [3.05, 3.63) is 18.5 Å². The largest absolute Gasteiger partial charge is 0.489 e. The van der Waals surface area contributed by atoms with Crippen LogP contribution in [-0.2, 0) is 14.8 Å². The van der Waals surface area contributed by atoms with E-state index < -0.39 is 29.1 Å². The van der Waals surface area contributed by atoms with Crippen molar-refractivity contribution in [1.29, 1.82) is 0 Å². The van der Waals surface area contributed by atoms with Crippen molar-refractivity contribution < 1.29 is 26.7 Å². The van der Waals surface area contributed by atoms with Crippen LogP contribution in [0.2, 0.25) is 0 Å². The summed E-state index contributed by atoms with van der Waals surface area (Å²) in [5.41, 5.74) is 0. The van der Waals surface area contributed by atoms with E-state index >= 15 is 0 Å². The molecule has 0 unspecified atom stereocenters. The number of nitrogens with zero attached hydrogens (tertiary/aromatic N) is 2. The van der Waals surface area contributed by atoms with Gasteiger partial charge in [-0.15, -0.1) is 0 Å². The van der Waals surface area contributed by atoms with Gasteiger partial charge in [0.15, 0.2) is 0 Å². The summed E-state index contributed by atoms with van der Waals surface area (Å²) in [5.74, 6) is -2.95. The molecule has 0 radical (unpaired) electrons. The molecular weight excluding hydrogens is 318 g/mol. The van der Waals surface area contributed by atoms with Crippen LogP contribution >= 0.6 is 0 Å². The molecule has 0 aromatic carbocycles. The van der Waals surface area contributed by atoms with E-state index in [1.54, 1.807) is 13.8 Å². The lowest BCUT2D eigenvalue weighted by atomic mass is 10.4. The topological polar surface area (TPSA) is 68.7 Å². The van der Waals surface area contributed by atoms with Gasteiger partial charge in [0.25, 0.3) is 5.92 Å². The molecule has 1 fully saturated rings. The molecule has 9 heteroatoms. The lowest BCUT2D eigenvalue weighted by Crippen LogP contribution is -2.41. The number of pyridine rings is 1. The zero-order chi connectivity index (χ0) is 16.4. The molecule has 1 aliphatic rings. The normalized spacial score (nSPS) is 19.9. The van der Waals surface area contributed by atoms with Crippen LogP contribution in [-0.4, -0.2) is 56.0 Å². The van der Waals surface area contributed by atoms with E-state index in [1.807, 2.05) is 0 Å². The van der Waals surface area contributed by atoms with Crippen molar-refractivity contribution in [2.24, 2.45) is 0 Å². The Kier molecular flexibility index (Phi) is 4.98. The second-order valence-electron chi connectivity index (χ2n) is 5.27. The summed E-state index contributed by atoms with van der Waals surface area (Å²) in [6.07, 6.45) is 2.33. The summed E-state index contributed by atoms with van der Waals surface area (Å²) in [7, 11) is -4.08. The molecule has 124 valence electrons. The highest BCUT2D eigenvalue weighted by Gasteiger charge is 2.39. The number of alkyl halides is 2. The third-order valence-electron chi connectivity index (χ3n) is 2.90. The third kappa shape index (κ3) is 4.11. The summed E-state index contributed by atoms with van der Waals surface area (Å²) in [6.45, 7) is 1.66. The molecule has 22 heavy (non-hydrogen) atoms. The van der Waals surface area contributed by atoms with E-state index in [-0.39, 0.29) is 29.9 Å². The molecule has 2 rings (SSSR count). The van der Waals surface area contributed by atoms with E-state index in [0.717, 1.165) is 10.5 Å². The van der Waals surface area contributed by atoms with E-state index in [2.05, 4.69) is 4.98 Å². The zero-order valence-electron chi connectivity index (χ0n) is 12.3. The fourth-order valence-corrected chi connectivity index (χ4v) is 3.43. The van der Waals surface area contributed by atoms with Crippen LogP contribution in [0.15, 0.2) is 23.4 Å². The van der Waals surface area contributed by atoms with Crippen LogP contribution in [0.5, 0.6) is 5.75 Å². The van der Waals surface area contributed by atoms with Gasteiger partial charge in [0, 0.05) is 18.8 Å². The second-order valence-corrected chi connectivity index (χ2v) is 7.21. The standard InChI is InChI=1S/C13H18F2N2O4S/c1-10(2)21-11-5-12(7-16-6-11)22(18,19)17-3-4-20-9-13(14,15)8-17/h5-7,10H,3-4,8-9H2,1-2H3. The fourth-order valence-electron chi connectivity index (χ4n) is 2.00. The molecule has 1 aromatic rings. The van der Waals surface area contributed by atoms with Gasteiger partial charge < -0.3 is 9.47 Å². The first-order valence-corrected chi connectivity index (χ1v) is 8.22. The van der Waals surface area contributed by atoms with Crippen molar-refractivity contribution in [3.8, 4) is 5.75 Å². The van der Waals surface area contributed by atoms with Crippen molar-refractivity contribution in [2.45, 2.75) is 30.8 Å². The maximum Gasteiger partial charge on any atom is 0.284 e. The molecule has 0 atom stereocenters. The number of halogens is 2. The van der Waals surface area contributed by atoms with Gasteiger partial charge in [0.2, 0.25) is 10.0 Å². The first-order chi connectivity index (χ1) is 10.2. The Hall–Kier alpha value is -1.32. The van der Waals surface area contributed by atoms with Crippen LogP contribution in [0.25, 0.3) is 0 Å². The third-order valence-corrected chi connectivity index (χ3v) is 4.71. The Labute approximate surface area is 128 Å². The Morgan fingerprint density at radius 3 is 2.82 bits per heavy atom. The highest BCUT2D eigenvalue weighted by molar-refractivity contribution is 7.89. The lowest BCUT2D eigenvalue weighted by molar-refractivity contribution is -0.0630. The maximum absolute atomic E-state index is 13.5. The van der Waals surface area contributed by atoms with Gasteiger partial charge in [-0.05, 0) is 13.8 Å². The molecule has 1 aromatic heterocycles. The van der Waals surface area contributed by atoms with E-state index in [0.29, 0.717) is 0 Å². The summed E-state index contributed by atoms with van der Waals surface area (Å²) < 4.78 is 62.9. The van der Waals surface area contributed by atoms with Crippen LogP contribution in [0.4, 0.5) is 8.78 Å². The van der Waals surface area contributed by atoms with Crippen molar-refractivity contribution in [1.82, 2.24) is 9.29 Å². The molecule has 1 aliphatic heterocycles.